The summed E-state index contributed by atoms with van der Waals surface area (Å²) in [6.45, 7) is 0.644. The molecule has 0 bridgehead atoms. The molecule has 20 heavy (non-hydrogen) atoms. The average molecular weight is 328 g/mol. The predicted molar refractivity (Wildman–Crippen MR) is 82.4 cm³/mol. The number of nitrogens with zero attached hydrogens (tertiary/aromatic N) is 2. The van der Waals surface area contributed by atoms with Crippen molar-refractivity contribution in [3.05, 3.63) is 45.5 Å². The first kappa shape index (κ1) is 13.7. The number of halogens is 2. The number of ether oxygens (including phenoxy) is 1. The molecule has 0 unspecified atom stereocenters. The smallest absolute Gasteiger partial charge is 0.243 e. The topological polar surface area (TPSA) is 38.6 Å². The minimum Gasteiger partial charge on any atom is -0.436 e. The van der Waals surface area contributed by atoms with Gasteiger partial charge in [0.2, 0.25) is 5.88 Å². The van der Waals surface area contributed by atoms with Crippen molar-refractivity contribution in [2.24, 2.45) is 0 Å². The van der Waals surface area contributed by atoms with Crippen LogP contribution in [0.15, 0.2) is 29.8 Å². The van der Waals surface area contributed by atoms with Crippen LogP contribution >= 0.6 is 34.5 Å². The van der Waals surface area contributed by atoms with Crippen LogP contribution in [-0.4, -0.2) is 16.4 Å². The quantitative estimate of drug-likeness (QED) is 0.779. The van der Waals surface area contributed by atoms with E-state index in [0.717, 1.165) is 10.7 Å². The first-order chi connectivity index (χ1) is 9.69. The third-order valence-electron chi connectivity index (χ3n) is 2.77. The van der Waals surface area contributed by atoms with Crippen LogP contribution < -0.4 is 10.1 Å². The molecule has 104 valence electrons. The number of benzene rings is 1. The number of fused-ring (bicyclic) bond motifs is 1. The van der Waals surface area contributed by atoms with Gasteiger partial charge >= 0.3 is 0 Å². The van der Waals surface area contributed by atoms with E-state index in [9.17, 15) is 0 Å². The van der Waals surface area contributed by atoms with E-state index in [2.05, 4.69) is 10.3 Å². The Hall–Kier alpha value is -1.27. The Morgan fingerprint density at radius 1 is 1.40 bits per heavy atom. The Balaban J connectivity index is 2.03. The van der Waals surface area contributed by atoms with E-state index in [4.69, 9.17) is 27.9 Å². The number of hydrogen-bond donors (Lipinski definition) is 1. The number of hydrogen-bond acceptors (Lipinski definition) is 4. The summed E-state index contributed by atoms with van der Waals surface area (Å²) in [6.07, 6.45) is 1.96. The van der Waals surface area contributed by atoms with Crippen LogP contribution in [0, 0.1) is 0 Å². The maximum absolute atomic E-state index is 6.12. The van der Waals surface area contributed by atoms with Crippen molar-refractivity contribution < 1.29 is 4.74 Å². The molecule has 3 aromatic rings. The first-order valence-corrected chi connectivity index (χ1v) is 7.54. The summed E-state index contributed by atoms with van der Waals surface area (Å²) in [4.78, 5) is 5.35. The Morgan fingerprint density at radius 3 is 3.05 bits per heavy atom. The molecule has 0 radical (unpaired) electrons. The third-order valence-corrected chi connectivity index (χ3v) is 4.07. The van der Waals surface area contributed by atoms with E-state index in [0.29, 0.717) is 28.2 Å². The normalized spacial score (nSPS) is 11.2. The highest BCUT2D eigenvalue weighted by Gasteiger charge is 2.16. The Kier molecular flexibility index (Phi) is 3.85. The molecule has 0 atom stereocenters. The predicted octanol–water partition coefficient (Wildman–Crippen LogP) is 4.21. The van der Waals surface area contributed by atoms with Gasteiger partial charge in [-0.05, 0) is 19.2 Å². The molecule has 0 aliphatic heterocycles. The van der Waals surface area contributed by atoms with Crippen LogP contribution in [0.2, 0.25) is 10.0 Å². The van der Waals surface area contributed by atoms with Gasteiger partial charge in [-0.2, -0.15) is 4.98 Å². The molecule has 0 fully saturated rings. The standard InChI is InChI=1S/C13H11Cl2N3OS/c1-16-7-10-12(17-13-18(10)4-5-20-13)19-11-6-8(14)2-3-9(11)15/h2-6,16H,7H2,1H3. The molecule has 4 nitrogen and oxygen atoms in total. The minimum absolute atomic E-state index is 0.501. The summed E-state index contributed by atoms with van der Waals surface area (Å²) in [5.41, 5.74) is 0.944. The van der Waals surface area contributed by atoms with Crippen molar-refractivity contribution in [3.8, 4) is 11.6 Å². The molecule has 2 heterocycles. The number of aromatic nitrogens is 2. The Bertz CT molecular complexity index is 753. The zero-order valence-corrected chi connectivity index (χ0v) is 12.9. The fraction of sp³-hybridized carbons (Fsp3) is 0.154. The summed E-state index contributed by atoms with van der Waals surface area (Å²) < 4.78 is 7.83. The largest absolute Gasteiger partial charge is 0.436 e. The summed E-state index contributed by atoms with van der Waals surface area (Å²) in [5.74, 6) is 1.04. The second kappa shape index (κ2) is 5.61. The van der Waals surface area contributed by atoms with Gasteiger partial charge in [0.05, 0.1) is 5.02 Å². The second-order valence-electron chi connectivity index (χ2n) is 4.13. The number of rotatable bonds is 4. The monoisotopic (exact) mass is 327 g/mol. The molecule has 7 heteroatoms. The maximum atomic E-state index is 6.12. The van der Waals surface area contributed by atoms with Crippen molar-refractivity contribution >= 4 is 39.5 Å². The zero-order valence-electron chi connectivity index (χ0n) is 10.6. The van der Waals surface area contributed by atoms with Crippen LogP contribution in [-0.2, 0) is 6.54 Å². The Morgan fingerprint density at radius 2 is 2.25 bits per heavy atom. The second-order valence-corrected chi connectivity index (χ2v) is 5.84. The highest BCUT2D eigenvalue weighted by Crippen LogP contribution is 2.34. The van der Waals surface area contributed by atoms with Crippen LogP contribution in [0.5, 0.6) is 11.6 Å². The van der Waals surface area contributed by atoms with E-state index in [1.54, 1.807) is 29.5 Å². The zero-order chi connectivity index (χ0) is 14.1. The Labute approximate surface area is 129 Å². The molecule has 0 saturated carbocycles. The van der Waals surface area contributed by atoms with E-state index in [-0.39, 0.29) is 0 Å². The minimum atomic E-state index is 0.501. The average Bonchev–Trinajstić information content (AvgIpc) is 2.98. The van der Waals surface area contributed by atoms with Crippen molar-refractivity contribution in [3.63, 3.8) is 0 Å². The van der Waals surface area contributed by atoms with Crippen molar-refractivity contribution in [1.29, 1.82) is 0 Å². The summed E-state index contributed by atoms with van der Waals surface area (Å²) in [7, 11) is 1.88. The molecule has 0 spiro atoms. The van der Waals surface area contributed by atoms with E-state index in [1.165, 1.54) is 0 Å². The van der Waals surface area contributed by atoms with E-state index < -0.39 is 0 Å². The number of nitrogens with one attached hydrogen (secondary N) is 1. The lowest BCUT2D eigenvalue weighted by Crippen LogP contribution is -2.08. The van der Waals surface area contributed by atoms with Gasteiger partial charge in [-0.15, -0.1) is 11.3 Å². The summed E-state index contributed by atoms with van der Waals surface area (Å²) in [5, 5.41) is 6.16. The van der Waals surface area contributed by atoms with Crippen LogP contribution in [0.25, 0.3) is 4.96 Å². The van der Waals surface area contributed by atoms with Gasteiger partial charge in [-0.25, -0.2) is 0 Å². The molecule has 3 rings (SSSR count). The third kappa shape index (κ3) is 2.50. The van der Waals surface area contributed by atoms with Gasteiger partial charge in [-0.1, -0.05) is 23.2 Å². The van der Waals surface area contributed by atoms with E-state index in [1.807, 2.05) is 23.0 Å². The lowest BCUT2D eigenvalue weighted by molar-refractivity contribution is 0.457. The highest BCUT2D eigenvalue weighted by atomic mass is 35.5. The molecule has 2 aromatic heterocycles. The fourth-order valence-electron chi connectivity index (χ4n) is 1.88. The van der Waals surface area contributed by atoms with Gasteiger partial charge in [0.25, 0.3) is 0 Å². The molecular weight excluding hydrogens is 317 g/mol. The van der Waals surface area contributed by atoms with Crippen molar-refractivity contribution in [2.75, 3.05) is 7.05 Å². The summed E-state index contributed by atoms with van der Waals surface area (Å²) in [6, 6.07) is 5.10. The highest BCUT2D eigenvalue weighted by molar-refractivity contribution is 7.15. The SMILES string of the molecule is CNCc1c(Oc2cc(Cl)ccc2Cl)nc2sccn12. The van der Waals surface area contributed by atoms with Gasteiger partial charge in [0.1, 0.15) is 11.4 Å². The van der Waals surface area contributed by atoms with Crippen LogP contribution in [0.3, 0.4) is 0 Å². The fourth-order valence-corrected chi connectivity index (χ4v) is 2.93. The molecule has 0 amide bonds. The molecular formula is C13H11Cl2N3OS. The molecule has 0 saturated heterocycles. The first-order valence-electron chi connectivity index (χ1n) is 5.91. The molecule has 1 N–H and O–H groups in total. The van der Waals surface area contributed by atoms with Gasteiger partial charge in [-0.3, -0.25) is 4.40 Å². The molecule has 0 aliphatic rings. The van der Waals surface area contributed by atoms with Gasteiger partial charge in [0.15, 0.2) is 4.96 Å². The number of imidazole rings is 1. The van der Waals surface area contributed by atoms with Crippen molar-refractivity contribution in [2.45, 2.75) is 6.54 Å². The van der Waals surface area contributed by atoms with E-state index >= 15 is 0 Å². The number of thiazole rings is 1. The van der Waals surface area contributed by atoms with Gasteiger partial charge in [0, 0.05) is 29.2 Å². The van der Waals surface area contributed by atoms with Crippen LogP contribution in [0.4, 0.5) is 0 Å². The van der Waals surface area contributed by atoms with Gasteiger partial charge < -0.3 is 10.1 Å². The lowest BCUT2D eigenvalue weighted by atomic mass is 10.3. The molecule has 1 aromatic carbocycles. The van der Waals surface area contributed by atoms with Crippen molar-refractivity contribution in [1.82, 2.24) is 14.7 Å². The van der Waals surface area contributed by atoms with Crippen LogP contribution in [0.1, 0.15) is 5.69 Å². The maximum Gasteiger partial charge on any atom is 0.243 e. The lowest BCUT2D eigenvalue weighted by Gasteiger charge is -2.07. The summed E-state index contributed by atoms with van der Waals surface area (Å²) >= 11 is 13.6. The molecule has 0 aliphatic carbocycles.